The second-order valence-corrected chi connectivity index (χ2v) is 4.88. The van der Waals surface area contributed by atoms with Gasteiger partial charge in [0.25, 0.3) is 0 Å². The lowest BCUT2D eigenvalue weighted by Gasteiger charge is -2.09. The molecule has 0 spiro atoms. The van der Waals surface area contributed by atoms with Gasteiger partial charge in [-0.15, -0.1) is 19.0 Å². The van der Waals surface area contributed by atoms with Crippen molar-refractivity contribution in [2.24, 2.45) is 0 Å². The van der Waals surface area contributed by atoms with Crippen LogP contribution in [0.15, 0.2) is 61.2 Å². The van der Waals surface area contributed by atoms with Crippen LogP contribution in [0.3, 0.4) is 0 Å². The summed E-state index contributed by atoms with van der Waals surface area (Å²) in [6, 6.07) is 15.6. The van der Waals surface area contributed by atoms with Crippen LogP contribution in [0.2, 0.25) is 0 Å². The molecule has 5 heteroatoms. The summed E-state index contributed by atoms with van der Waals surface area (Å²) in [6.07, 6.45) is 1.86. The van der Waals surface area contributed by atoms with Gasteiger partial charge in [-0.05, 0) is 24.3 Å². The molecule has 0 aliphatic rings. The van der Waals surface area contributed by atoms with Crippen LogP contribution in [0.5, 0.6) is 11.5 Å². The molecule has 0 N–H and O–H groups in total. The van der Waals surface area contributed by atoms with Crippen molar-refractivity contribution in [3.05, 3.63) is 67.0 Å². The molecule has 1 aromatic heterocycles. The van der Waals surface area contributed by atoms with Crippen LogP contribution in [0.25, 0.3) is 11.0 Å². The van der Waals surface area contributed by atoms with E-state index in [1.165, 1.54) is 0 Å². The maximum atomic E-state index is 5.85. The van der Waals surface area contributed by atoms with E-state index in [2.05, 4.69) is 22.2 Å². The fourth-order valence-electron chi connectivity index (χ4n) is 2.41. The van der Waals surface area contributed by atoms with Crippen LogP contribution in [0.4, 0.5) is 0 Å². The average molecular weight is 331 g/mol. The van der Waals surface area contributed by atoms with Crippen molar-refractivity contribution in [2.45, 2.75) is 13.2 Å². The van der Waals surface area contributed by atoms with E-state index in [1.807, 2.05) is 48.5 Å². The Morgan fingerprint density at radius 2 is 1.91 bits per heavy atom. The van der Waals surface area contributed by atoms with Crippen LogP contribution in [0.1, 0.15) is 5.82 Å². The van der Waals surface area contributed by atoms with Gasteiger partial charge in [-0.25, -0.2) is 4.98 Å². The molecule has 3 rings (SSSR count). The Hall–Kier alpha value is -2.46. The first kappa shape index (κ1) is 16.9. The summed E-state index contributed by atoms with van der Waals surface area (Å²) in [7, 11) is 1.64. The molecule has 2 aromatic carbocycles. The molecule has 0 aliphatic heterocycles. The number of benzene rings is 2. The number of imidazole rings is 1. The van der Waals surface area contributed by atoms with Gasteiger partial charge in [-0.3, -0.25) is 0 Å². The molecule has 120 valence electrons. The van der Waals surface area contributed by atoms with E-state index in [9.17, 15) is 0 Å². The average Bonchev–Trinajstić information content (AvgIpc) is 2.91. The van der Waals surface area contributed by atoms with Crippen molar-refractivity contribution >= 4 is 23.4 Å². The highest BCUT2D eigenvalue weighted by Gasteiger charge is 2.10. The summed E-state index contributed by atoms with van der Waals surface area (Å²) < 4.78 is 13.2. The molecule has 0 amide bonds. The van der Waals surface area contributed by atoms with Gasteiger partial charge in [0, 0.05) is 12.6 Å². The standard InChI is InChI=1S/C18H18N2O2.ClH/c1-3-11-20-17-10-5-4-9-16(17)19-18(20)13-22-15-8-6-7-14(12-15)21-2;/h3-10,12H,1,11,13H2,2H3;1H. The highest BCUT2D eigenvalue weighted by atomic mass is 35.5. The van der Waals surface area contributed by atoms with E-state index in [-0.39, 0.29) is 12.4 Å². The van der Waals surface area contributed by atoms with Crippen molar-refractivity contribution in [1.29, 1.82) is 0 Å². The van der Waals surface area contributed by atoms with E-state index in [4.69, 9.17) is 9.47 Å². The zero-order valence-electron chi connectivity index (χ0n) is 12.9. The minimum absolute atomic E-state index is 0. The number of ether oxygens (including phenoxy) is 2. The maximum Gasteiger partial charge on any atom is 0.148 e. The molecule has 1 heterocycles. The van der Waals surface area contributed by atoms with Crippen LogP contribution in [-0.2, 0) is 13.2 Å². The van der Waals surface area contributed by atoms with E-state index < -0.39 is 0 Å². The second kappa shape index (κ2) is 7.70. The number of nitrogens with zero attached hydrogens (tertiary/aromatic N) is 2. The van der Waals surface area contributed by atoms with Crippen molar-refractivity contribution < 1.29 is 9.47 Å². The van der Waals surface area contributed by atoms with E-state index in [0.717, 1.165) is 28.4 Å². The molecule has 0 bridgehead atoms. The van der Waals surface area contributed by atoms with Crippen molar-refractivity contribution in [3.63, 3.8) is 0 Å². The number of hydrogen-bond acceptors (Lipinski definition) is 3. The van der Waals surface area contributed by atoms with Crippen LogP contribution < -0.4 is 9.47 Å². The lowest BCUT2D eigenvalue weighted by Crippen LogP contribution is -2.06. The van der Waals surface area contributed by atoms with Crippen LogP contribution in [-0.4, -0.2) is 16.7 Å². The smallest absolute Gasteiger partial charge is 0.148 e. The molecule has 0 saturated carbocycles. The molecule has 0 fully saturated rings. The SMILES string of the molecule is C=CCn1c(COc2cccc(OC)c2)nc2ccccc21.Cl. The molecule has 4 nitrogen and oxygen atoms in total. The van der Waals surface area contributed by atoms with Gasteiger partial charge < -0.3 is 14.0 Å². The Morgan fingerprint density at radius 1 is 1.13 bits per heavy atom. The predicted octanol–water partition coefficient (Wildman–Crippen LogP) is 4.23. The zero-order valence-corrected chi connectivity index (χ0v) is 13.8. The summed E-state index contributed by atoms with van der Waals surface area (Å²) in [5, 5.41) is 0. The Balaban J connectivity index is 0.00000192. The number of para-hydroxylation sites is 2. The maximum absolute atomic E-state index is 5.85. The topological polar surface area (TPSA) is 36.3 Å². The van der Waals surface area contributed by atoms with Crippen molar-refractivity contribution in [3.8, 4) is 11.5 Å². The number of methoxy groups -OCH3 is 1. The monoisotopic (exact) mass is 330 g/mol. The molecule has 3 aromatic rings. The van der Waals surface area contributed by atoms with Crippen molar-refractivity contribution in [1.82, 2.24) is 9.55 Å². The van der Waals surface area contributed by atoms with Gasteiger partial charge in [0.05, 0.1) is 18.1 Å². The number of halogens is 1. The van der Waals surface area contributed by atoms with Crippen molar-refractivity contribution in [2.75, 3.05) is 7.11 Å². The Morgan fingerprint density at radius 3 is 2.70 bits per heavy atom. The molecule has 0 saturated heterocycles. The normalized spacial score (nSPS) is 10.1. The van der Waals surface area contributed by atoms with Gasteiger partial charge in [0.2, 0.25) is 0 Å². The molecule has 0 unspecified atom stereocenters. The number of aromatic nitrogens is 2. The zero-order chi connectivity index (χ0) is 15.4. The first-order valence-electron chi connectivity index (χ1n) is 7.13. The van der Waals surface area contributed by atoms with Gasteiger partial charge in [-0.1, -0.05) is 24.3 Å². The minimum Gasteiger partial charge on any atom is -0.497 e. The van der Waals surface area contributed by atoms with E-state index >= 15 is 0 Å². The third-order valence-corrected chi connectivity index (χ3v) is 3.45. The fraction of sp³-hybridized carbons (Fsp3) is 0.167. The van der Waals surface area contributed by atoms with Gasteiger partial charge in [0.1, 0.15) is 23.9 Å². The third-order valence-electron chi connectivity index (χ3n) is 3.45. The summed E-state index contributed by atoms with van der Waals surface area (Å²) in [6.45, 7) is 4.92. The lowest BCUT2D eigenvalue weighted by atomic mass is 10.3. The first-order chi connectivity index (χ1) is 10.8. The summed E-state index contributed by atoms with van der Waals surface area (Å²) >= 11 is 0. The summed E-state index contributed by atoms with van der Waals surface area (Å²) in [4.78, 5) is 4.65. The minimum atomic E-state index is 0. The Labute approximate surface area is 141 Å². The van der Waals surface area contributed by atoms with Crippen LogP contribution >= 0.6 is 12.4 Å². The van der Waals surface area contributed by atoms with Gasteiger partial charge in [-0.2, -0.15) is 0 Å². The fourth-order valence-corrected chi connectivity index (χ4v) is 2.41. The van der Waals surface area contributed by atoms with Gasteiger partial charge in [0.15, 0.2) is 0 Å². The lowest BCUT2D eigenvalue weighted by molar-refractivity contribution is 0.289. The highest BCUT2D eigenvalue weighted by molar-refractivity contribution is 5.85. The highest BCUT2D eigenvalue weighted by Crippen LogP contribution is 2.21. The van der Waals surface area contributed by atoms with Crippen LogP contribution in [0, 0.1) is 0 Å². The second-order valence-electron chi connectivity index (χ2n) is 4.88. The molecule has 0 radical (unpaired) electrons. The predicted molar refractivity (Wildman–Crippen MR) is 94.5 cm³/mol. The van der Waals surface area contributed by atoms with E-state index in [0.29, 0.717) is 13.2 Å². The number of allylic oxidation sites excluding steroid dienone is 1. The molecule has 23 heavy (non-hydrogen) atoms. The molecule has 0 aliphatic carbocycles. The Kier molecular flexibility index (Phi) is 5.66. The van der Waals surface area contributed by atoms with Gasteiger partial charge >= 0.3 is 0 Å². The number of hydrogen-bond donors (Lipinski definition) is 0. The summed E-state index contributed by atoms with van der Waals surface area (Å²) in [5.41, 5.74) is 2.06. The quantitative estimate of drug-likeness (QED) is 0.634. The molecule has 0 atom stereocenters. The van der Waals surface area contributed by atoms with E-state index in [1.54, 1.807) is 7.11 Å². The summed E-state index contributed by atoms with van der Waals surface area (Å²) in [5.74, 6) is 2.41. The number of fused-ring (bicyclic) bond motifs is 1. The Bertz CT molecular complexity index is 799. The molecular weight excluding hydrogens is 312 g/mol. The third kappa shape index (κ3) is 3.66. The number of rotatable bonds is 6. The first-order valence-corrected chi connectivity index (χ1v) is 7.13. The molecular formula is C18H19ClN2O2. The largest absolute Gasteiger partial charge is 0.497 e.